The summed E-state index contributed by atoms with van der Waals surface area (Å²) < 4.78 is 13.0. The molecule has 0 atom stereocenters. The van der Waals surface area contributed by atoms with Crippen LogP contribution in [-0.2, 0) is 12.8 Å². The molecule has 0 spiro atoms. The first-order valence-corrected chi connectivity index (χ1v) is 9.82. The number of nitrogens with one attached hydrogen (secondary N) is 1. The molecule has 1 fully saturated rings. The molecule has 1 saturated heterocycles. The summed E-state index contributed by atoms with van der Waals surface area (Å²) in [6, 6.07) is 12.8. The minimum atomic E-state index is -0.198. The van der Waals surface area contributed by atoms with Crippen molar-refractivity contribution >= 4 is 11.6 Å². The lowest BCUT2D eigenvalue weighted by Gasteiger charge is -2.36. The molecule has 0 saturated carbocycles. The van der Waals surface area contributed by atoms with Crippen LogP contribution in [0.15, 0.2) is 42.5 Å². The Morgan fingerprint density at radius 1 is 0.963 bits per heavy atom. The number of nitrogens with zero attached hydrogens (tertiary/aromatic N) is 2. The van der Waals surface area contributed by atoms with Crippen molar-refractivity contribution in [2.75, 3.05) is 44.2 Å². The number of carbonyl (C=O) groups excluding carboxylic acids is 1. The number of fused-ring (bicyclic) bond motifs is 1. The van der Waals surface area contributed by atoms with E-state index in [1.165, 1.54) is 29.7 Å². The molecule has 1 heterocycles. The zero-order valence-corrected chi connectivity index (χ0v) is 15.6. The topological polar surface area (TPSA) is 35.6 Å². The Balaban J connectivity index is 1.21. The molecule has 0 aromatic heterocycles. The van der Waals surface area contributed by atoms with Gasteiger partial charge in [-0.25, -0.2) is 4.39 Å². The Bertz CT molecular complexity index is 798. The van der Waals surface area contributed by atoms with E-state index >= 15 is 0 Å². The zero-order valence-electron chi connectivity index (χ0n) is 15.6. The number of carbonyl (C=O) groups is 1. The van der Waals surface area contributed by atoms with Crippen molar-refractivity contribution in [3.63, 3.8) is 0 Å². The molecule has 5 heteroatoms. The number of amides is 1. The lowest BCUT2D eigenvalue weighted by Crippen LogP contribution is -2.48. The van der Waals surface area contributed by atoms with Crippen LogP contribution >= 0.6 is 0 Å². The summed E-state index contributed by atoms with van der Waals surface area (Å²) in [5.41, 5.74) is 4.57. The number of hydrogen-bond acceptors (Lipinski definition) is 3. The van der Waals surface area contributed by atoms with Crippen LogP contribution in [0.2, 0.25) is 0 Å². The first kappa shape index (κ1) is 18.0. The molecule has 0 radical (unpaired) electrons. The summed E-state index contributed by atoms with van der Waals surface area (Å²) in [4.78, 5) is 17.0. The number of piperazine rings is 1. The van der Waals surface area contributed by atoms with Crippen molar-refractivity contribution in [1.29, 1.82) is 0 Å². The predicted octanol–water partition coefficient (Wildman–Crippen LogP) is 2.87. The second-order valence-corrected chi connectivity index (χ2v) is 7.40. The van der Waals surface area contributed by atoms with E-state index in [2.05, 4.69) is 27.2 Å². The van der Waals surface area contributed by atoms with E-state index in [0.717, 1.165) is 56.8 Å². The molecule has 1 aliphatic heterocycles. The van der Waals surface area contributed by atoms with Gasteiger partial charge in [-0.2, -0.15) is 0 Å². The van der Waals surface area contributed by atoms with Gasteiger partial charge in [0.15, 0.2) is 0 Å². The van der Waals surface area contributed by atoms with Crippen LogP contribution in [0.5, 0.6) is 0 Å². The zero-order chi connectivity index (χ0) is 18.6. The SMILES string of the molecule is O=C(NCCN1CCN(c2ccc(F)cc2)CC1)c1ccc2c(c1)CCC2. The van der Waals surface area contributed by atoms with Gasteiger partial charge in [0, 0.05) is 50.5 Å². The molecule has 1 amide bonds. The highest BCUT2D eigenvalue weighted by atomic mass is 19.1. The lowest BCUT2D eigenvalue weighted by molar-refractivity contribution is 0.0947. The smallest absolute Gasteiger partial charge is 0.251 e. The van der Waals surface area contributed by atoms with Crippen molar-refractivity contribution in [2.24, 2.45) is 0 Å². The Morgan fingerprint density at radius 3 is 2.48 bits per heavy atom. The highest BCUT2D eigenvalue weighted by molar-refractivity contribution is 5.94. The van der Waals surface area contributed by atoms with E-state index in [4.69, 9.17) is 0 Å². The summed E-state index contributed by atoms with van der Waals surface area (Å²) in [5.74, 6) is -0.175. The highest BCUT2D eigenvalue weighted by Gasteiger charge is 2.18. The fourth-order valence-corrected chi connectivity index (χ4v) is 4.02. The van der Waals surface area contributed by atoms with Gasteiger partial charge in [-0.3, -0.25) is 9.69 Å². The average Bonchev–Trinajstić information content (AvgIpc) is 3.17. The minimum absolute atomic E-state index is 0.0228. The average molecular weight is 367 g/mol. The molecule has 27 heavy (non-hydrogen) atoms. The number of rotatable bonds is 5. The third-order valence-electron chi connectivity index (χ3n) is 5.64. The number of aryl methyl sites for hydroxylation is 2. The van der Waals surface area contributed by atoms with Crippen molar-refractivity contribution < 1.29 is 9.18 Å². The summed E-state index contributed by atoms with van der Waals surface area (Å²) >= 11 is 0. The molecule has 2 aromatic carbocycles. The molecular formula is C22H26FN3O. The van der Waals surface area contributed by atoms with Crippen molar-refractivity contribution in [2.45, 2.75) is 19.3 Å². The van der Waals surface area contributed by atoms with Crippen LogP contribution in [0, 0.1) is 5.82 Å². The van der Waals surface area contributed by atoms with Crippen LogP contribution in [0.1, 0.15) is 27.9 Å². The van der Waals surface area contributed by atoms with E-state index in [-0.39, 0.29) is 11.7 Å². The standard InChI is InChI=1S/C22H26FN3O/c23-20-6-8-21(9-7-20)26-14-12-25(13-15-26)11-10-24-22(27)19-5-4-17-2-1-3-18(17)16-19/h4-9,16H,1-3,10-15H2,(H,24,27). The van der Waals surface area contributed by atoms with Crippen LogP contribution in [0.25, 0.3) is 0 Å². The monoisotopic (exact) mass is 367 g/mol. The quantitative estimate of drug-likeness (QED) is 0.883. The number of benzene rings is 2. The first-order valence-electron chi connectivity index (χ1n) is 9.82. The van der Waals surface area contributed by atoms with Gasteiger partial charge in [0.25, 0.3) is 5.91 Å². The fraction of sp³-hybridized carbons (Fsp3) is 0.409. The Kier molecular flexibility index (Phi) is 5.39. The molecular weight excluding hydrogens is 341 g/mol. The Hall–Kier alpha value is -2.40. The second kappa shape index (κ2) is 8.09. The molecule has 4 nitrogen and oxygen atoms in total. The third-order valence-corrected chi connectivity index (χ3v) is 5.64. The van der Waals surface area contributed by atoms with Gasteiger partial charge in [0.1, 0.15) is 5.82 Å². The van der Waals surface area contributed by atoms with Crippen LogP contribution in [-0.4, -0.2) is 50.1 Å². The van der Waals surface area contributed by atoms with Gasteiger partial charge in [-0.15, -0.1) is 0 Å². The summed E-state index contributed by atoms with van der Waals surface area (Å²) in [6.45, 7) is 5.26. The predicted molar refractivity (Wildman–Crippen MR) is 106 cm³/mol. The van der Waals surface area contributed by atoms with Gasteiger partial charge in [-0.1, -0.05) is 6.07 Å². The van der Waals surface area contributed by atoms with Crippen LogP contribution in [0.4, 0.5) is 10.1 Å². The number of hydrogen-bond donors (Lipinski definition) is 1. The fourth-order valence-electron chi connectivity index (χ4n) is 4.02. The molecule has 2 aliphatic rings. The van der Waals surface area contributed by atoms with Gasteiger partial charge < -0.3 is 10.2 Å². The summed E-state index contributed by atoms with van der Waals surface area (Å²) in [5, 5.41) is 3.05. The van der Waals surface area contributed by atoms with Gasteiger partial charge >= 0.3 is 0 Å². The minimum Gasteiger partial charge on any atom is -0.369 e. The lowest BCUT2D eigenvalue weighted by atomic mass is 10.1. The number of halogens is 1. The molecule has 2 aromatic rings. The molecule has 0 unspecified atom stereocenters. The third kappa shape index (κ3) is 4.30. The van der Waals surface area contributed by atoms with Crippen LogP contribution in [0.3, 0.4) is 0 Å². The number of anilines is 1. The summed E-state index contributed by atoms with van der Waals surface area (Å²) in [7, 11) is 0. The van der Waals surface area contributed by atoms with E-state index < -0.39 is 0 Å². The maximum atomic E-state index is 13.0. The maximum absolute atomic E-state index is 13.0. The second-order valence-electron chi connectivity index (χ2n) is 7.40. The molecule has 4 rings (SSSR count). The maximum Gasteiger partial charge on any atom is 0.251 e. The Morgan fingerprint density at radius 2 is 1.70 bits per heavy atom. The van der Waals surface area contributed by atoms with E-state index in [1.54, 1.807) is 0 Å². The van der Waals surface area contributed by atoms with E-state index in [0.29, 0.717) is 6.54 Å². The molecule has 0 bridgehead atoms. The normalized spacial score (nSPS) is 17.0. The molecule has 142 valence electrons. The molecule has 1 aliphatic carbocycles. The van der Waals surface area contributed by atoms with Crippen molar-refractivity contribution in [3.8, 4) is 0 Å². The van der Waals surface area contributed by atoms with Crippen LogP contribution < -0.4 is 10.2 Å². The van der Waals surface area contributed by atoms with Crippen molar-refractivity contribution in [3.05, 3.63) is 65.0 Å². The van der Waals surface area contributed by atoms with E-state index in [1.807, 2.05) is 18.2 Å². The van der Waals surface area contributed by atoms with E-state index in [9.17, 15) is 9.18 Å². The van der Waals surface area contributed by atoms with Gasteiger partial charge in [0.2, 0.25) is 0 Å². The molecule has 1 N–H and O–H groups in total. The van der Waals surface area contributed by atoms with Gasteiger partial charge in [-0.05, 0) is 66.8 Å². The highest BCUT2D eigenvalue weighted by Crippen LogP contribution is 2.22. The Labute approximate surface area is 160 Å². The largest absolute Gasteiger partial charge is 0.369 e. The summed E-state index contributed by atoms with van der Waals surface area (Å²) in [6.07, 6.45) is 3.43. The van der Waals surface area contributed by atoms with Gasteiger partial charge in [0.05, 0.1) is 0 Å². The first-order chi connectivity index (χ1) is 13.2. The van der Waals surface area contributed by atoms with Crippen molar-refractivity contribution in [1.82, 2.24) is 10.2 Å².